The molecule has 0 unspecified atom stereocenters. The SMILES string of the molecule is COC(=O)[C@H]1CC[C@@H](NC(C)=O)CN(CCn2cnc3ccccc32)C1. The summed E-state index contributed by atoms with van der Waals surface area (Å²) in [5.74, 6) is -0.364. The Labute approximate surface area is 153 Å². The minimum Gasteiger partial charge on any atom is -0.469 e. The van der Waals surface area contributed by atoms with E-state index in [0.29, 0.717) is 6.54 Å². The second-order valence-corrected chi connectivity index (χ2v) is 6.88. The number of imidazole rings is 1. The average molecular weight is 358 g/mol. The Kier molecular flexibility index (Phi) is 5.88. The fourth-order valence-corrected chi connectivity index (χ4v) is 3.67. The second kappa shape index (κ2) is 8.31. The molecule has 2 heterocycles. The van der Waals surface area contributed by atoms with Crippen LogP contribution in [0.5, 0.6) is 0 Å². The van der Waals surface area contributed by atoms with Gasteiger partial charge >= 0.3 is 5.97 Å². The smallest absolute Gasteiger partial charge is 0.309 e. The first-order chi connectivity index (χ1) is 12.6. The normalized spacial score (nSPS) is 21.3. The van der Waals surface area contributed by atoms with Crippen molar-refractivity contribution in [1.29, 1.82) is 0 Å². The Morgan fingerprint density at radius 2 is 2.04 bits per heavy atom. The summed E-state index contributed by atoms with van der Waals surface area (Å²) in [6.45, 7) is 4.48. The number of likely N-dealkylation sites (tertiary alicyclic amines) is 1. The zero-order chi connectivity index (χ0) is 18.5. The fourth-order valence-electron chi connectivity index (χ4n) is 3.67. The lowest BCUT2D eigenvalue weighted by Gasteiger charge is -2.26. The van der Waals surface area contributed by atoms with Crippen molar-refractivity contribution in [3.05, 3.63) is 30.6 Å². The van der Waals surface area contributed by atoms with Crippen LogP contribution < -0.4 is 5.32 Å². The maximum atomic E-state index is 12.1. The lowest BCUT2D eigenvalue weighted by atomic mass is 10.0. The molecule has 3 rings (SSSR count). The number of hydrogen-bond acceptors (Lipinski definition) is 5. The molecule has 7 heteroatoms. The van der Waals surface area contributed by atoms with Crippen LogP contribution in [-0.4, -0.2) is 59.1 Å². The van der Waals surface area contributed by atoms with Crippen molar-refractivity contribution in [3.63, 3.8) is 0 Å². The molecule has 1 aliphatic rings. The zero-order valence-electron chi connectivity index (χ0n) is 15.4. The number of methoxy groups -OCH3 is 1. The van der Waals surface area contributed by atoms with Gasteiger partial charge in [-0.3, -0.25) is 14.5 Å². The molecule has 1 saturated heterocycles. The number of nitrogens with one attached hydrogen (secondary N) is 1. The van der Waals surface area contributed by atoms with E-state index >= 15 is 0 Å². The first-order valence-corrected chi connectivity index (χ1v) is 9.04. The average Bonchev–Trinajstić information content (AvgIpc) is 2.93. The quantitative estimate of drug-likeness (QED) is 0.818. The molecular weight excluding hydrogens is 332 g/mol. The van der Waals surface area contributed by atoms with E-state index in [9.17, 15) is 9.59 Å². The van der Waals surface area contributed by atoms with Crippen molar-refractivity contribution in [2.24, 2.45) is 5.92 Å². The molecule has 1 N–H and O–H groups in total. The molecule has 2 atom stereocenters. The van der Waals surface area contributed by atoms with Crippen LogP contribution in [0.15, 0.2) is 30.6 Å². The molecule has 1 fully saturated rings. The van der Waals surface area contributed by atoms with E-state index in [-0.39, 0.29) is 23.8 Å². The summed E-state index contributed by atoms with van der Waals surface area (Å²) in [5.41, 5.74) is 2.08. The number of rotatable bonds is 5. The molecule has 140 valence electrons. The number of ether oxygens (including phenoxy) is 1. The van der Waals surface area contributed by atoms with Gasteiger partial charge < -0.3 is 14.6 Å². The van der Waals surface area contributed by atoms with E-state index in [1.165, 1.54) is 14.0 Å². The largest absolute Gasteiger partial charge is 0.469 e. The number of benzene rings is 1. The minimum absolute atomic E-state index is 0.0351. The Morgan fingerprint density at radius 3 is 2.81 bits per heavy atom. The number of hydrogen-bond donors (Lipinski definition) is 1. The summed E-state index contributed by atoms with van der Waals surface area (Å²) in [6, 6.07) is 8.10. The third-order valence-corrected chi connectivity index (χ3v) is 4.95. The molecule has 26 heavy (non-hydrogen) atoms. The van der Waals surface area contributed by atoms with Gasteiger partial charge in [0, 0.05) is 39.1 Å². The zero-order valence-corrected chi connectivity index (χ0v) is 15.4. The van der Waals surface area contributed by atoms with Crippen LogP contribution in [0.2, 0.25) is 0 Å². The molecule has 1 aromatic carbocycles. The molecule has 1 aliphatic heterocycles. The van der Waals surface area contributed by atoms with Gasteiger partial charge in [-0.15, -0.1) is 0 Å². The number of aromatic nitrogens is 2. The number of para-hydroxylation sites is 2. The summed E-state index contributed by atoms with van der Waals surface area (Å²) < 4.78 is 7.08. The number of fused-ring (bicyclic) bond motifs is 1. The van der Waals surface area contributed by atoms with Gasteiger partial charge in [0.15, 0.2) is 0 Å². The van der Waals surface area contributed by atoms with Gasteiger partial charge in [0.2, 0.25) is 5.91 Å². The van der Waals surface area contributed by atoms with Crippen LogP contribution in [0.4, 0.5) is 0 Å². The van der Waals surface area contributed by atoms with Crippen LogP contribution in [0.3, 0.4) is 0 Å². The molecule has 1 aromatic heterocycles. The van der Waals surface area contributed by atoms with Crippen molar-refractivity contribution in [3.8, 4) is 0 Å². The van der Waals surface area contributed by atoms with Crippen LogP contribution in [0, 0.1) is 5.92 Å². The van der Waals surface area contributed by atoms with Crippen LogP contribution in [0.25, 0.3) is 11.0 Å². The molecule has 7 nitrogen and oxygen atoms in total. The number of nitrogens with zero attached hydrogens (tertiary/aromatic N) is 3. The molecule has 0 aliphatic carbocycles. The Balaban J connectivity index is 1.69. The molecule has 0 bridgehead atoms. The van der Waals surface area contributed by atoms with Gasteiger partial charge in [0.1, 0.15) is 0 Å². The lowest BCUT2D eigenvalue weighted by molar-refractivity contribution is -0.146. The van der Waals surface area contributed by atoms with E-state index in [1.54, 1.807) is 0 Å². The van der Waals surface area contributed by atoms with Crippen LogP contribution >= 0.6 is 0 Å². The van der Waals surface area contributed by atoms with E-state index in [0.717, 1.165) is 43.5 Å². The summed E-state index contributed by atoms with van der Waals surface area (Å²) in [7, 11) is 1.43. The Hall–Kier alpha value is -2.41. The molecule has 0 saturated carbocycles. The number of esters is 1. The third-order valence-electron chi connectivity index (χ3n) is 4.95. The summed E-state index contributed by atoms with van der Waals surface area (Å²) >= 11 is 0. The lowest BCUT2D eigenvalue weighted by Crippen LogP contribution is -2.43. The number of carbonyl (C=O) groups is 2. The van der Waals surface area contributed by atoms with E-state index in [1.807, 2.05) is 24.5 Å². The molecular formula is C19H26N4O3. The third kappa shape index (κ3) is 4.40. The van der Waals surface area contributed by atoms with Crippen LogP contribution in [0.1, 0.15) is 19.8 Å². The minimum atomic E-state index is -0.174. The van der Waals surface area contributed by atoms with Crippen molar-refractivity contribution < 1.29 is 14.3 Å². The highest BCUT2D eigenvalue weighted by Gasteiger charge is 2.29. The van der Waals surface area contributed by atoms with Gasteiger partial charge in [0.25, 0.3) is 0 Å². The molecule has 0 spiro atoms. The van der Waals surface area contributed by atoms with Crippen molar-refractivity contribution in [1.82, 2.24) is 19.8 Å². The van der Waals surface area contributed by atoms with Gasteiger partial charge in [-0.25, -0.2) is 4.98 Å². The monoisotopic (exact) mass is 358 g/mol. The Morgan fingerprint density at radius 1 is 1.23 bits per heavy atom. The van der Waals surface area contributed by atoms with E-state index in [4.69, 9.17) is 4.74 Å². The van der Waals surface area contributed by atoms with Crippen molar-refractivity contribution in [2.75, 3.05) is 26.7 Å². The van der Waals surface area contributed by atoms with Gasteiger partial charge in [-0.1, -0.05) is 12.1 Å². The topological polar surface area (TPSA) is 76.5 Å². The molecule has 2 aromatic rings. The predicted molar refractivity (Wildman–Crippen MR) is 98.5 cm³/mol. The predicted octanol–water partition coefficient (Wildman–Crippen LogP) is 1.43. The maximum Gasteiger partial charge on any atom is 0.309 e. The van der Waals surface area contributed by atoms with Gasteiger partial charge in [0.05, 0.1) is 30.4 Å². The van der Waals surface area contributed by atoms with Gasteiger partial charge in [-0.05, 0) is 25.0 Å². The maximum absolute atomic E-state index is 12.1. The van der Waals surface area contributed by atoms with Crippen molar-refractivity contribution in [2.45, 2.75) is 32.4 Å². The number of carbonyl (C=O) groups excluding carboxylic acids is 2. The first-order valence-electron chi connectivity index (χ1n) is 9.04. The summed E-state index contributed by atoms with van der Waals surface area (Å²) in [6.07, 6.45) is 3.36. The summed E-state index contributed by atoms with van der Waals surface area (Å²) in [5, 5.41) is 3.00. The highest BCUT2D eigenvalue weighted by atomic mass is 16.5. The molecule has 1 amide bonds. The van der Waals surface area contributed by atoms with Crippen LogP contribution in [-0.2, 0) is 20.9 Å². The summed E-state index contributed by atoms with van der Waals surface area (Å²) in [4.78, 5) is 30.2. The van der Waals surface area contributed by atoms with E-state index in [2.05, 4.69) is 25.8 Å². The highest BCUT2D eigenvalue weighted by Crippen LogP contribution is 2.19. The molecule has 0 radical (unpaired) electrons. The standard InChI is InChI=1S/C19H26N4O3/c1-14(24)21-16-8-7-15(19(25)26-2)11-22(12-16)9-10-23-13-20-17-5-3-4-6-18(17)23/h3-6,13,15-16H,7-12H2,1-2H3,(H,21,24)/t15-,16+/m0/s1. The fraction of sp³-hybridized carbons (Fsp3) is 0.526. The Bertz CT molecular complexity index is 773. The van der Waals surface area contributed by atoms with E-state index < -0.39 is 0 Å². The van der Waals surface area contributed by atoms with Gasteiger partial charge in [-0.2, -0.15) is 0 Å². The first kappa shape index (κ1) is 18.4. The van der Waals surface area contributed by atoms with Crippen molar-refractivity contribution >= 4 is 22.9 Å². The second-order valence-electron chi connectivity index (χ2n) is 6.88. The highest BCUT2D eigenvalue weighted by molar-refractivity contribution is 5.75. The number of amides is 1.